The molecule has 0 saturated heterocycles. The molecule has 0 amide bonds. The predicted octanol–water partition coefficient (Wildman–Crippen LogP) is 4.24. The topological polar surface area (TPSA) is 15.3 Å². The smallest absolute Gasteiger partial charge is 0.0472 e. The van der Waals surface area contributed by atoms with Gasteiger partial charge in [-0.15, -0.1) is 0 Å². The summed E-state index contributed by atoms with van der Waals surface area (Å²) < 4.78 is 0. The predicted molar refractivity (Wildman–Crippen MR) is 91.5 cm³/mol. The molecule has 3 atom stereocenters. The molecular weight excluding hydrogens is 256 g/mol. The maximum absolute atomic E-state index is 3.86. The molecule has 0 aliphatic heterocycles. The summed E-state index contributed by atoms with van der Waals surface area (Å²) in [6.45, 7) is 10.2. The lowest BCUT2D eigenvalue weighted by Gasteiger charge is -2.34. The highest BCUT2D eigenvalue weighted by Gasteiger charge is 2.22. The Morgan fingerprint density at radius 2 is 1.86 bits per heavy atom. The summed E-state index contributed by atoms with van der Waals surface area (Å²) in [4.78, 5) is 2.56. The Labute approximate surface area is 130 Å². The Morgan fingerprint density at radius 1 is 1.14 bits per heavy atom. The molecule has 0 bridgehead atoms. The SMILES string of the molecule is CCN(CC)C(CNC1CCCC(C)C1)c1ccccc1. The summed E-state index contributed by atoms with van der Waals surface area (Å²) in [6.07, 6.45) is 5.50. The van der Waals surface area contributed by atoms with Gasteiger partial charge in [0, 0.05) is 18.6 Å². The molecule has 1 aromatic carbocycles. The fraction of sp³-hybridized carbons (Fsp3) is 0.684. The minimum atomic E-state index is 0.499. The van der Waals surface area contributed by atoms with Crippen LogP contribution in [0.5, 0.6) is 0 Å². The number of hydrogen-bond acceptors (Lipinski definition) is 2. The first-order valence-electron chi connectivity index (χ1n) is 8.77. The molecular formula is C19H32N2. The first-order chi connectivity index (χ1) is 10.2. The Bertz CT molecular complexity index is 386. The largest absolute Gasteiger partial charge is 0.312 e. The van der Waals surface area contributed by atoms with Crippen LogP contribution in [0, 0.1) is 5.92 Å². The van der Waals surface area contributed by atoms with E-state index >= 15 is 0 Å². The van der Waals surface area contributed by atoms with Gasteiger partial charge in [0.2, 0.25) is 0 Å². The van der Waals surface area contributed by atoms with Crippen molar-refractivity contribution < 1.29 is 0 Å². The Balaban J connectivity index is 1.99. The standard InChI is InChI=1S/C19H32N2/c1-4-21(5-2)19(17-11-7-6-8-12-17)15-20-18-13-9-10-16(3)14-18/h6-8,11-12,16,18-20H,4-5,9-10,13-15H2,1-3H3. The maximum Gasteiger partial charge on any atom is 0.0472 e. The molecule has 3 unspecified atom stereocenters. The number of nitrogens with one attached hydrogen (secondary N) is 1. The second kappa shape index (κ2) is 8.55. The molecule has 1 aliphatic rings. The van der Waals surface area contributed by atoms with Crippen LogP contribution in [0.25, 0.3) is 0 Å². The van der Waals surface area contributed by atoms with Crippen molar-refractivity contribution in [2.45, 2.75) is 58.5 Å². The Hall–Kier alpha value is -0.860. The fourth-order valence-corrected chi connectivity index (χ4v) is 3.70. The monoisotopic (exact) mass is 288 g/mol. The van der Waals surface area contributed by atoms with E-state index in [0.717, 1.165) is 31.6 Å². The van der Waals surface area contributed by atoms with Gasteiger partial charge in [0.05, 0.1) is 0 Å². The third-order valence-corrected chi connectivity index (χ3v) is 4.97. The highest BCUT2D eigenvalue weighted by molar-refractivity contribution is 5.19. The van der Waals surface area contributed by atoms with Gasteiger partial charge in [-0.3, -0.25) is 4.90 Å². The van der Waals surface area contributed by atoms with Crippen LogP contribution < -0.4 is 5.32 Å². The van der Waals surface area contributed by atoms with Gasteiger partial charge in [0.1, 0.15) is 0 Å². The van der Waals surface area contributed by atoms with Crippen molar-refractivity contribution in [3.63, 3.8) is 0 Å². The number of rotatable bonds is 7. The van der Waals surface area contributed by atoms with Crippen molar-refractivity contribution in [3.05, 3.63) is 35.9 Å². The highest BCUT2D eigenvalue weighted by Crippen LogP contribution is 2.25. The van der Waals surface area contributed by atoms with Gasteiger partial charge in [0.25, 0.3) is 0 Å². The van der Waals surface area contributed by atoms with E-state index in [1.165, 1.54) is 31.2 Å². The molecule has 118 valence electrons. The van der Waals surface area contributed by atoms with E-state index in [9.17, 15) is 0 Å². The average Bonchev–Trinajstić information content (AvgIpc) is 2.52. The molecule has 1 aliphatic carbocycles. The summed E-state index contributed by atoms with van der Waals surface area (Å²) in [5, 5.41) is 3.86. The van der Waals surface area contributed by atoms with E-state index in [1.54, 1.807) is 0 Å². The number of hydrogen-bond donors (Lipinski definition) is 1. The summed E-state index contributed by atoms with van der Waals surface area (Å²) in [7, 11) is 0. The van der Waals surface area contributed by atoms with Crippen molar-refractivity contribution in [3.8, 4) is 0 Å². The third kappa shape index (κ3) is 4.82. The molecule has 0 spiro atoms. The molecule has 2 nitrogen and oxygen atoms in total. The van der Waals surface area contributed by atoms with Crippen molar-refractivity contribution >= 4 is 0 Å². The minimum absolute atomic E-state index is 0.499. The van der Waals surface area contributed by atoms with Gasteiger partial charge in [-0.1, -0.05) is 63.9 Å². The second-order valence-electron chi connectivity index (χ2n) is 6.52. The quantitative estimate of drug-likeness (QED) is 0.807. The van der Waals surface area contributed by atoms with Crippen molar-refractivity contribution in [2.24, 2.45) is 5.92 Å². The number of nitrogens with zero attached hydrogens (tertiary/aromatic N) is 1. The molecule has 0 heterocycles. The molecule has 2 rings (SSSR count). The summed E-state index contributed by atoms with van der Waals surface area (Å²) >= 11 is 0. The number of likely N-dealkylation sites (N-methyl/N-ethyl adjacent to an activating group) is 1. The van der Waals surface area contributed by atoms with Crippen molar-refractivity contribution in [2.75, 3.05) is 19.6 Å². The van der Waals surface area contributed by atoms with Crippen LogP contribution in [-0.2, 0) is 0 Å². The summed E-state index contributed by atoms with van der Waals surface area (Å²) in [5.74, 6) is 0.889. The summed E-state index contributed by atoms with van der Waals surface area (Å²) in [6, 6.07) is 12.2. The van der Waals surface area contributed by atoms with Gasteiger partial charge >= 0.3 is 0 Å². The lowest BCUT2D eigenvalue weighted by Crippen LogP contribution is -2.41. The van der Waals surface area contributed by atoms with E-state index in [4.69, 9.17) is 0 Å². The van der Waals surface area contributed by atoms with Crippen LogP contribution in [-0.4, -0.2) is 30.6 Å². The van der Waals surface area contributed by atoms with Crippen LogP contribution in [0.3, 0.4) is 0 Å². The zero-order valence-corrected chi connectivity index (χ0v) is 14.0. The normalized spacial score (nSPS) is 24.2. The van der Waals surface area contributed by atoms with E-state index in [1.807, 2.05) is 0 Å². The van der Waals surface area contributed by atoms with E-state index in [0.29, 0.717) is 6.04 Å². The molecule has 0 aromatic heterocycles. The van der Waals surface area contributed by atoms with Gasteiger partial charge in [-0.05, 0) is 37.4 Å². The molecule has 0 radical (unpaired) electrons. The van der Waals surface area contributed by atoms with Crippen LogP contribution in [0.15, 0.2) is 30.3 Å². The second-order valence-corrected chi connectivity index (χ2v) is 6.52. The zero-order chi connectivity index (χ0) is 15.1. The van der Waals surface area contributed by atoms with E-state index in [2.05, 4.69) is 61.3 Å². The maximum atomic E-state index is 3.86. The summed E-state index contributed by atoms with van der Waals surface area (Å²) in [5.41, 5.74) is 1.44. The Kier molecular flexibility index (Phi) is 6.72. The van der Waals surface area contributed by atoms with Crippen LogP contribution >= 0.6 is 0 Å². The number of benzene rings is 1. The molecule has 1 N–H and O–H groups in total. The molecule has 1 aromatic rings. The molecule has 21 heavy (non-hydrogen) atoms. The van der Waals surface area contributed by atoms with Crippen LogP contribution in [0.4, 0.5) is 0 Å². The molecule has 2 heteroatoms. The van der Waals surface area contributed by atoms with Crippen molar-refractivity contribution in [1.29, 1.82) is 0 Å². The first-order valence-corrected chi connectivity index (χ1v) is 8.77. The van der Waals surface area contributed by atoms with Crippen molar-refractivity contribution in [1.82, 2.24) is 10.2 Å². The lowest BCUT2D eigenvalue weighted by molar-refractivity contribution is 0.198. The average molecular weight is 288 g/mol. The fourth-order valence-electron chi connectivity index (χ4n) is 3.70. The van der Waals surface area contributed by atoms with Gasteiger partial charge in [0.15, 0.2) is 0 Å². The van der Waals surface area contributed by atoms with Crippen LogP contribution in [0.2, 0.25) is 0 Å². The van der Waals surface area contributed by atoms with Gasteiger partial charge < -0.3 is 5.32 Å². The first kappa shape index (κ1) is 16.5. The lowest BCUT2D eigenvalue weighted by atomic mass is 9.87. The third-order valence-electron chi connectivity index (χ3n) is 4.97. The molecule has 1 fully saturated rings. The highest BCUT2D eigenvalue weighted by atomic mass is 15.2. The molecule has 1 saturated carbocycles. The van der Waals surface area contributed by atoms with Crippen LogP contribution in [0.1, 0.15) is 58.1 Å². The van der Waals surface area contributed by atoms with E-state index < -0.39 is 0 Å². The van der Waals surface area contributed by atoms with Gasteiger partial charge in [-0.2, -0.15) is 0 Å². The minimum Gasteiger partial charge on any atom is -0.312 e. The Morgan fingerprint density at radius 3 is 2.48 bits per heavy atom. The van der Waals surface area contributed by atoms with E-state index in [-0.39, 0.29) is 0 Å². The zero-order valence-electron chi connectivity index (χ0n) is 14.0. The van der Waals surface area contributed by atoms with Gasteiger partial charge in [-0.25, -0.2) is 0 Å².